The fourth-order valence-corrected chi connectivity index (χ4v) is 2.40. The zero-order valence-corrected chi connectivity index (χ0v) is 11.5. The third-order valence-corrected chi connectivity index (χ3v) is 3.43. The zero-order chi connectivity index (χ0) is 12.8. The number of benzene rings is 1. The molecule has 1 N–H and O–H groups in total. The van der Waals surface area contributed by atoms with Crippen LogP contribution in [0.5, 0.6) is 0 Å². The number of hydrogen-bond donors (Lipinski definition) is 1. The molecule has 0 radical (unpaired) electrons. The van der Waals surface area contributed by atoms with E-state index in [-0.39, 0.29) is 0 Å². The lowest BCUT2D eigenvalue weighted by Crippen LogP contribution is -2.15. The lowest BCUT2D eigenvalue weighted by molar-refractivity contribution is 0.402. The molecule has 2 heteroatoms. The van der Waals surface area contributed by atoms with Crippen molar-refractivity contribution in [2.45, 2.75) is 25.8 Å². The van der Waals surface area contributed by atoms with Gasteiger partial charge in [0.2, 0.25) is 0 Å². The van der Waals surface area contributed by atoms with Crippen LogP contribution in [0, 0.1) is 5.92 Å². The van der Waals surface area contributed by atoms with Crippen LogP contribution in [-0.2, 0) is 6.54 Å². The maximum Gasteiger partial charge on any atom is 0.0340 e. The molecule has 0 heterocycles. The van der Waals surface area contributed by atoms with Crippen molar-refractivity contribution < 1.29 is 0 Å². The molecule has 2 nitrogen and oxygen atoms in total. The molecule has 1 atom stereocenters. The summed E-state index contributed by atoms with van der Waals surface area (Å²) in [5.74, 6) is 0.802. The maximum absolute atomic E-state index is 3.55. The molecule has 0 aliphatic heterocycles. The highest BCUT2D eigenvalue weighted by atomic mass is 15.0. The van der Waals surface area contributed by atoms with Crippen LogP contribution in [0.3, 0.4) is 0 Å². The third kappa shape index (κ3) is 4.19. The van der Waals surface area contributed by atoms with Gasteiger partial charge in [0.05, 0.1) is 0 Å². The van der Waals surface area contributed by atoms with Gasteiger partial charge in [0.1, 0.15) is 0 Å². The van der Waals surface area contributed by atoms with Gasteiger partial charge < -0.3 is 10.2 Å². The Morgan fingerprint density at radius 2 is 1.94 bits per heavy atom. The Morgan fingerprint density at radius 3 is 2.56 bits per heavy atom. The number of nitrogens with zero attached hydrogens (tertiary/aromatic N) is 1. The van der Waals surface area contributed by atoms with Crippen LogP contribution in [0.25, 0.3) is 0 Å². The highest BCUT2D eigenvalue weighted by Crippen LogP contribution is 2.19. The zero-order valence-electron chi connectivity index (χ0n) is 11.5. The number of anilines is 1. The minimum atomic E-state index is 0.802. The molecular weight excluding hydrogens is 220 g/mol. The maximum atomic E-state index is 3.55. The van der Waals surface area contributed by atoms with Crippen molar-refractivity contribution in [3.8, 4) is 0 Å². The Morgan fingerprint density at radius 1 is 1.17 bits per heavy atom. The van der Waals surface area contributed by atoms with E-state index in [4.69, 9.17) is 0 Å². The van der Waals surface area contributed by atoms with Crippen molar-refractivity contribution in [2.24, 2.45) is 5.92 Å². The molecule has 0 saturated carbocycles. The first-order chi connectivity index (χ1) is 8.74. The summed E-state index contributed by atoms with van der Waals surface area (Å²) < 4.78 is 0. The minimum Gasteiger partial charge on any atom is -0.385 e. The molecule has 18 heavy (non-hydrogen) atoms. The van der Waals surface area contributed by atoms with Crippen LogP contribution in [-0.4, -0.2) is 25.5 Å². The summed E-state index contributed by atoms with van der Waals surface area (Å²) in [6, 6.07) is 8.81. The van der Waals surface area contributed by atoms with E-state index in [1.54, 1.807) is 0 Å². The Hall–Kier alpha value is -1.28. The van der Waals surface area contributed by atoms with Crippen LogP contribution in [0.2, 0.25) is 0 Å². The fraction of sp³-hybridized carbons (Fsp3) is 0.500. The van der Waals surface area contributed by atoms with Gasteiger partial charge in [-0.05, 0) is 57.0 Å². The SMILES string of the molecule is CN(C)Cc1ccc(NCC2CC=CCC2)cc1. The van der Waals surface area contributed by atoms with Crippen LogP contribution in [0.15, 0.2) is 36.4 Å². The van der Waals surface area contributed by atoms with Crippen molar-refractivity contribution in [1.29, 1.82) is 0 Å². The molecule has 0 saturated heterocycles. The van der Waals surface area contributed by atoms with Gasteiger partial charge in [-0.1, -0.05) is 24.3 Å². The Labute approximate surface area is 111 Å². The van der Waals surface area contributed by atoms with E-state index in [1.807, 2.05) is 0 Å². The first kappa shape index (κ1) is 13.2. The third-order valence-electron chi connectivity index (χ3n) is 3.43. The average molecular weight is 244 g/mol. The molecule has 0 fully saturated rings. The molecule has 0 amide bonds. The quantitative estimate of drug-likeness (QED) is 0.797. The second kappa shape index (κ2) is 6.60. The van der Waals surface area contributed by atoms with Crippen LogP contribution >= 0.6 is 0 Å². The predicted octanol–water partition coefficient (Wildman–Crippen LogP) is 3.52. The summed E-state index contributed by atoms with van der Waals surface area (Å²) in [5.41, 5.74) is 2.61. The van der Waals surface area contributed by atoms with Crippen molar-refractivity contribution >= 4 is 5.69 Å². The predicted molar refractivity (Wildman–Crippen MR) is 78.8 cm³/mol. The van der Waals surface area contributed by atoms with E-state index in [0.29, 0.717) is 0 Å². The van der Waals surface area contributed by atoms with Gasteiger partial charge in [0.25, 0.3) is 0 Å². The largest absolute Gasteiger partial charge is 0.385 e. The van der Waals surface area contributed by atoms with Crippen molar-refractivity contribution in [1.82, 2.24) is 4.90 Å². The second-order valence-corrected chi connectivity index (χ2v) is 5.47. The molecule has 1 aromatic rings. The molecular formula is C16H24N2. The molecule has 1 aliphatic rings. The standard InChI is InChI=1S/C16H24N2/c1-18(2)13-15-8-10-16(11-9-15)17-12-14-6-4-3-5-7-14/h3-4,8-11,14,17H,5-7,12-13H2,1-2H3. The topological polar surface area (TPSA) is 15.3 Å². The molecule has 98 valence electrons. The molecule has 1 unspecified atom stereocenters. The van der Waals surface area contributed by atoms with Crippen molar-refractivity contribution in [2.75, 3.05) is 26.0 Å². The Bertz CT molecular complexity index is 379. The molecule has 0 aromatic heterocycles. The summed E-state index contributed by atoms with van der Waals surface area (Å²) in [6.07, 6.45) is 8.41. The van der Waals surface area contributed by atoms with Gasteiger partial charge in [0.15, 0.2) is 0 Å². The average Bonchev–Trinajstić information content (AvgIpc) is 2.38. The second-order valence-electron chi connectivity index (χ2n) is 5.47. The van der Waals surface area contributed by atoms with Crippen LogP contribution in [0.1, 0.15) is 24.8 Å². The first-order valence-corrected chi connectivity index (χ1v) is 6.86. The normalized spacial score (nSPS) is 19.2. The van der Waals surface area contributed by atoms with Gasteiger partial charge in [-0.25, -0.2) is 0 Å². The summed E-state index contributed by atoms with van der Waals surface area (Å²) >= 11 is 0. The number of hydrogen-bond acceptors (Lipinski definition) is 2. The van der Waals surface area contributed by atoms with E-state index in [1.165, 1.54) is 30.5 Å². The molecule has 1 aromatic carbocycles. The number of allylic oxidation sites excluding steroid dienone is 2. The van der Waals surface area contributed by atoms with Crippen LogP contribution < -0.4 is 5.32 Å². The Kier molecular flexibility index (Phi) is 4.82. The molecule has 0 bridgehead atoms. The number of rotatable bonds is 5. The lowest BCUT2D eigenvalue weighted by atomic mass is 9.94. The first-order valence-electron chi connectivity index (χ1n) is 6.86. The van der Waals surface area contributed by atoms with E-state index >= 15 is 0 Å². The Balaban J connectivity index is 1.80. The number of nitrogens with one attached hydrogen (secondary N) is 1. The molecule has 1 aliphatic carbocycles. The highest BCUT2D eigenvalue weighted by Gasteiger charge is 2.09. The minimum absolute atomic E-state index is 0.802. The van der Waals surface area contributed by atoms with Gasteiger partial charge in [-0.15, -0.1) is 0 Å². The molecule has 2 rings (SSSR count). The molecule has 0 spiro atoms. The van der Waals surface area contributed by atoms with E-state index < -0.39 is 0 Å². The summed E-state index contributed by atoms with van der Waals surface area (Å²) in [6.45, 7) is 2.10. The highest BCUT2D eigenvalue weighted by molar-refractivity contribution is 5.44. The van der Waals surface area contributed by atoms with E-state index in [9.17, 15) is 0 Å². The summed E-state index contributed by atoms with van der Waals surface area (Å²) in [7, 11) is 4.20. The van der Waals surface area contributed by atoms with Gasteiger partial charge in [0, 0.05) is 18.8 Å². The van der Waals surface area contributed by atoms with Crippen molar-refractivity contribution in [3.05, 3.63) is 42.0 Å². The van der Waals surface area contributed by atoms with Crippen LogP contribution in [0.4, 0.5) is 5.69 Å². The van der Waals surface area contributed by atoms with Gasteiger partial charge in [-0.3, -0.25) is 0 Å². The lowest BCUT2D eigenvalue weighted by Gasteiger charge is -2.19. The van der Waals surface area contributed by atoms with E-state index in [0.717, 1.165) is 19.0 Å². The monoisotopic (exact) mass is 244 g/mol. The smallest absolute Gasteiger partial charge is 0.0340 e. The van der Waals surface area contributed by atoms with Gasteiger partial charge >= 0.3 is 0 Å². The summed E-state index contributed by atoms with van der Waals surface area (Å²) in [5, 5.41) is 3.55. The summed E-state index contributed by atoms with van der Waals surface area (Å²) in [4.78, 5) is 2.19. The van der Waals surface area contributed by atoms with Crippen molar-refractivity contribution in [3.63, 3.8) is 0 Å². The van der Waals surface area contributed by atoms with E-state index in [2.05, 4.69) is 60.7 Å². The van der Waals surface area contributed by atoms with Gasteiger partial charge in [-0.2, -0.15) is 0 Å². The fourth-order valence-electron chi connectivity index (χ4n) is 2.40.